The molecule has 1 aliphatic rings. The number of hydrogen-bond acceptors (Lipinski definition) is 4. The summed E-state index contributed by atoms with van der Waals surface area (Å²) in [4.78, 5) is 2.32. The third-order valence-electron chi connectivity index (χ3n) is 4.01. The van der Waals surface area contributed by atoms with Crippen LogP contribution in [0.3, 0.4) is 0 Å². The number of aromatic nitrogens is 2. The minimum absolute atomic E-state index is 0.536. The predicted octanol–water partition coefficient (Wildman–Crippen LogP) is 2.11. The minimum Gasteiger partial charge on any atom is -0.384 e. The van der Waals surface area contributed by atoms with Crippen LogP contribution < -0.4 is 4.90 Å². The molecule has 1 aromatic rings. The van der Waals surface area contributed by atoms with Crippen molar-refractivity contribution in [1.29, 1.82) is 5.26 Å². The predicted molar refractivity (Wildman–Crippen MR) is 78.7 cm³/mol. The Bertz CT molecular complexity index is 489. The number of anilines is 1. The topological polar surface area (TPSA) is 54.1 Å². The maximum absolute atomic E-state index is 9.46. The molecule has 1 saturated heterocycles. The molecule has 0 amide bonds. The average molecular weight is 276 g/mol. The van der Waals surface area contributed by atoms with Gasteiger partial charge in [-0.2, -0.15) is 10.4 Å². The molecule has 0 radical (unpaired) electrons. The van der Waals surface area contributed by atoms with E-state index in [1.54, 1.807) is 7.11 Å². The van der Waals surface area contributed by atoms with Gasteiger partial charge in [-0.05, 0) is 25.2 Å². The molecule has 5 nitrogen and oxygen atoms in total. The van der Waals surface area contributed by atoms with Crippen LogP contribution >= 0.6 is 0 Å². The van der Waals surface area contributed by atoms with Crippen molar-refractivity contribution in [2.45, 2.75) is 32.6 Å². The first-order valence-electron chi connectivity index (χ1n) is 7.41. The molecule has 0 aliphatic carbocycles. The summed E-state index contributed by atoms with van der Waals surface area (Å²) < 4.78 is 7.19. The zero-order chi connectivity index (χ0) is 14.5. The van der Waals surface area contributed by atoms with E-state index in [0.29, 0.717) is 5.92 Å². The normalized spacial score (nSPS) is 19.7. The zero-order valence-electron chi connectivity index (χ0n) is 12.7. The quantitative estimate of drug-likeness (QED) is 0.845. The fourth-order valence-corrected chi connectivity index (χ4v) is 3.09. The Balaban J connectivity index is 2.29. The largest absolute Gasteiger partial charge is 0.384 e. The van der Waals surface area contributed by atoms with Crippen LogP contribution in [0.15, 0.2) is 0 Å². The zero-order valence-corrected chi connectivity index (χ0v) is 12.7. The maximum atomic E-state index is 9.46. The summed E-state index contributed by atoms with van der Waals surface area (Å²) in [6, 6.07) is 2.34. The lowest BCUT2D eigenvalue weighted by molar-refractivity contribution is 0.151. The Kier molecular flexibility index (Phi) is 5.02. The lowest BCUT2D eigenvalue weighted by atomic mass is 10.0. The van der Waals surface area contributed by atoms with Gasteiger partial charge < -0.3 is 9.64 Å². The van der Waals surface area contributed by atoms with Gasteiger partial charge in [0.2, 0.25) is 0 Å². The van der Waals surface area contributed by atoms with Gasteiger partial charge in [-0.3, -0.25) is 4.68 Å². The molecule has 5 heteroatoms. The Morgan fingerprint density at radius 2 is 2.25 bits per heavy atom. The van der Waals surface area contributed by atoms with Gasteiger partial charge in [0.1, 0.15) is 17.5 Å². The summed E-state index contributed by atoms with van der Waals surface area (Å²) in [6.07, 6.45) is 4.39. The van der Waals surface area contributed by atoms with Crippen LogP contribution in [0.25, 0.3) is 0 Å². The maximum Gasteiger partial charge on any atom is 0.144 e. The Hall–Kier alpha value is -1.54. The fourth-order valence-electron chi connectivity index (χ4n) is 3.09. The first kappa shape index (κ1) is 14.9. The average Bonchev–Trinajstić information content (AvgIpc) is 2.60. The second kappa shape index (κ2) is 6.76. The van der Waals surface area contributed by atoms with Crippen LogP contribution in [0.5, 0.6) is 0 Å². The highest BCUT2D eigenvalue weighted by Crippen LogP contribution is 2.27. The molecule has 2 rings (SSSR count). The highest BCUT2D eigenvalue weighted by atomic mass is 16.5. The smallest absolute Gasteiger partial charge is 0.144 e. The molecule has 2 heterocycles. The molecule has 110 valence electrons. The standard InChI is InChI=1S/C15H24N4O/c1-4-14-13(9-16)15(18(2)17-14)19-8-6-5-7-12(10-19)11-20-3/h12H,4-8,10-11H2,1-3H3. The highest BCUT2D eigenvalue weighted by molar-refractivity contribution is 5.57. The summed E-state index contributed by atoms with van der Waals surface area (Å²) in [5.74, 6) is 1.52. The van der Waals surface area contributed by atoms with Crippen molar-refractivity contribution in [2.24, 2.45) is 13.0 Å². The van der Waals surface area contributed by atoms with Crippen LogP contribution in [0.1, 0.15) is 37.4 Å². The molecule has 0 bridgehead atoms. The van der Waals surface area contributed by atoms with Crippen molar-refractivity contribution in [2.75, 3.05) is 31.7 Å². The number of hydrogen-bond donors (Lipinski definition) is 0. The van der Waals surface area contributed by atoms with Crippen LogP contribution in [-0.2, 0) is 18.2 Å². The lowest BCUT2D eigenvalue weighted by Crippen LogP contribution is -2.32. The molecule has 0 spiro atoms. The first-order valence-corrected chi connectivity index (χ1v) is 7.41. The minimum atomic E-state index is 0.536. The number of aryl methyl sites for hydroxylation is 2. The van der Waals surface area contributed by atoms with E-state index in [1.165, 1.54) is 12.8 Å². The summed E-state index contributed by atoms with van der Waals surface area (Å²) in [7, 11) is 3.70. The summed E-state index contributed by atoms with van der Waals surface area (Å²) in [5, 5.41) is 14.0. The SMILES string of the molecule is CCc1nn(C)c(N2CCCCC(COC)C2)c1C#N. The summed E-state index contributed by atoms with van der Waals surface area (Å²) in [6.45, 7) is 4.78. The second-order valence-corrected chi connectivity index (χ2v) is 5.50. The Morgan fingerprint density at radius 3 is 2.90 bits per heavy atom. The van der Waals surface area contributed by atoms with Crippen LogP contribution in [0, 0.1) is 17.2 Å². The molecule has 1 aromatic heterocycles. The van der Waals surface area contributed by atoms with E-state index in [0.717, 1.165) is 49.6 Å². The summed E-state index contributed by atoms with van der Waals surface area (Å²) in [5.41, 5.74) is 1.64. The first-order chi connectivity index (χ1) is 9.71. The fraction of sp³-hybridized carbons (Fsp3) is 0.733. The third-order valence-corrected chi connectivity index (χ3v) is 4.01. The van der Waals surface area contributed by atoms with Crippen molar-refractivity contribution in [3.8, 4) is 6.07 Å². The van der Waals surface area contributed by atoms with Crippen molar-refractivity contribution in [1.82, 2.24) is 9.78 Å². The van der Waals surface area contributed by atoms with Gasteiger partial charge in [0, 0.05) is 27.2 Å². The van der Waals surface area contributed by atoms with Gasteiger partial charge in [0.05, 0.1) is 12.3 Å². The van der Waals surface area contributed by atoms with Crippen LogP contribution in [-0.4, -0.2) is 36.6 Å². The highest BCUT2D eigenvalue weighted by Gasteiger charge is 2.24. The monoisotopic (exact) mass is 276 g/mol. The molecule has 0 aromatic carbocycles. The number of nitriles is 1. The van der Waals surface area contributed by atoms with Gasteiger partial charge in [-0.15, -0.1) is 0 Å². The van der Waals surface area contributed by atoms with Crippen molar-refractivity contribution in [3.63, 3.8) is 0 Å². The van der Waals surface area contributed by atoms with E-state index in [2.05, 4.69) is 16.1 Å². The molecule has 1 atom stereocenters. The number of methoxy groups -OCH3 is 1. The van der Waals surface area contributed by atoms with E-state index >= 15 is 0 Å². The number of rotatable bonds is 4. The second-order valence-electron chi connectivity index (χ2n) is 5.50. The van der Waals surface area contributed by atoms with Gasteiger partial charge >= 0.3 is 0 Å². The van der Waals surface area contributed by atoms with Crippen molar-refractivity contribution < 1.29 is 4.74 Å². The van der Waals surface area contributed by atoms with Crippen LogP contribution in [0.4, 0.5) is 5.82 Å². The molecule has 0 saturated carbocycles. The van der Waals surface area contributed by atoms with Crippen molar-refractivity contribution >= 4 is 5.82 Å². The lowest BCUT2D eigenvalue weighted by Gasteiger charge is -2.26. The van der Waals surface area contributed by atoms with E-state index < -0.39 is 0 Å². The summed E-state index contributed by atoms with van der Waals surface area (Å²) >= 11 is 0. The van der Waals surface area contributed by atoms with Crippen molar-refractivity contribution in [3.05, 3.63) is 11.3 Å². The molecule has 0 N–H and O–H groups in total. The molecule has 1 unspecified atom stereocenters. The van der Waals surface area contributed by atoms with Crippen LogP contribution in [0.2, 0.25) is 0 Å². The molecular weight excluding hydrogens is 252 g/mol. The molecule has 20 heavy (non-hydrogen) atoms. The van der Waals surface area contributed by atoms with Gasteiger partial charge in [0.25, 0.3) is 0 Å². The third kappa shape index (κ3) is 2.96. The van der Waals surface area contributed by atoms with Gasteiger partial charge in [-0.25, -0.2) is 0 Å². The van der Waals surface area contributed by atoms with E-state index in [-0.39, 0.29) is 0 Å². The van der Waals surface area contributed by atoms with E-state index in [9.17, 15) is 5.26 Å². The van der Waals surface area contributed by atoms with Gasteiger partial charge in [0.15, 0.2) is 0 Å². The Morgan fingerprint density at radius 1 is 1.45 bits per heavy atom. The molecule has 1 aliphatic heterocycles. The Labute approximate surface area is 121 Å². The number of ether oxygens (including phenoxy) is 1. The number of nitrogens with zero attached hydrogens (tertiary/aromatic N) is 4. The van der Waals surface area contributed by atoms with E-state index in [1.807, 2.05) is 18.7 Å². The molecular formula is C15H24N4O. The van der Waals surface area contributed by atoms with E-state index in [4.69, 9.17) is 4.74 Å². The van der Waals surface area contributed by atoms with Gasteiger partial charge in [-0.1, -0.05) is 13.3 Å². The molecule has 1 fully saturated rings.